The zero-order chi connectivity index (χ0) is 13.9. The van der Waals surface area contributed by atoms with E-state index in [1.54, 1.807) is 0 Å². The Morgan fingerprint density at radius 2 is 2.00 bits per heavy atom. The quantitative estimate of drug-likeness (QED) is 0.802. The molecule has 6 heteroatoms. The van der Waals surface area contributed by atoms with Crippen molar-refractivity contribution in [2.45, 2.75) is 13.0 Å². The van der Waals surface area contributed by atoms with Gasteiger partial charge in [0.2, 0.25) is 0 Å². The van der Waals surface area contributed by atoms with Gasteiger partial charge in [-0.05, 0) is 25.1 Å². The van der Waals surface area contributed by atoms with E-state index in [4.69, 9.17) is 0 Å². The van der Waals surface area contributed by atoms with Crippen LogP contribution in [0.1, 0.15) is 5.82 Å². The van der Waals surface area contributed by atoms with Crippen LogP contribution in [-0.4, -0.2) is 29.1 Å². The number of rotatable bonds is 4. The van der Waals surface area contributed by atoms with Crippen LogP contribution in [-0.2, 0) is 0 Å². The number of aromatic nitrogens is 2. The summed E-state index contributed by atoms with van der Waals surface area (Å²) < 4.78 is 1.03. The lowest BCUT2D eigenvalue weighted by Gasteiger charge is -2.28. The smallest absolute Gasteiger partial charge is 0.136 e. The van der Waals surface area contributed by atoms with Crippen LogP contribution >= 0.6 is 15.9 Å². The minimum Gasteiger partial charge on any atom is -0.365 e. The fourth-order valence-electron chi connectivity index (χ4n) is 2.02. The molecule has 0 bridgehead atoms. The van der Waals surface area contributed by atoms with Crippen molar-refractivity contribution in [2.75, 3.05) is 23.7 Å². The van der Waals surface area contributed by atoms with Crippen LogP contribution in [0.5, 0.6) is 0 Å². The van der Waals surface area contributed by atoms with Gasteiger partial charge in [-0.25, -0.2) is 9.97 Å². The molecule has 1 aliphatic rings. The Kier molecular flexibility index (Phi) is 3.84. The van der Waals surface area contributed by atoms with Crippen LogP contribution in [0.15, 0.2) is 34.8 Å². The largest absolute Gasteiger partial charge is 0.365 e. The minimum atomic E-state index is 0.461. The molecule has 3 rings (SSSR count). The predicted octanol–water partition coefficient (Wildman–Crippen LogP) is 2.67. The van der Waals surface area contributed by atoms with E-state index in [1.165, 1.54) is 0 Å². The number of hydrogen-bond acceptors (Lipinski definition) is 5. The SMILES string of the molecule is Cc1nc(Nc2cccc(Br)c2)cc(NC2CNC2)n1. The normalized spacial score (nSPS) is 14.7. The van der Waals surface area contributed by atoms with Gasteiger partial charge in [0.25, 0.3) is 0 Å². The summed E-state index contributed by atoms with van der Waals surface area (Å²) in [5.74, 6) is 2.41. The molecule has 0 atom stereocenters. The number of nitrogens with one attached hydrogen (secondary N) is 3. The lowest BCUT2D eigenvalue weighted by atomic mass is 10.2. The van der Waals surface area contributed by atoms with Gasteiger partial charge in [0, 0.05) is 29.3 Å². The summed E-state index contributed by atoms with van der Waals surface area (Å²) in [6, 6.07) is 10.4. The molecule has 0 saturated carbocycles. The molecule has 0 radical (unpaired) electrons. The second-order valence-electron chi connectivity index (χ2n) is 4.82. The first-order valence-corrected chi connectivity index (χ1v) is 7.34. The summed E-state index contributed by atoms with van der Waals surface area (Å²) in [6.07, 6.45) is 0. The standard InChI is InChI=1S/C14H16BrN5/c1-9-17-13(19-11-4-2-3-10(15)5-11)6-14(18-9)20-12-7-16-8-12/h2-6,12,16H,7-8H2,1H3,(H2,17,18,19,20). The molecule has 2 heterocycles. The molecule has 1 aromatic heterocycles. The molecular formula is C14H16BrN5. The van der Waals surface area contributed by atoms with Gasteiger partial charge in [-0.2, -0.15) is 0 Å². The molecule has 1 fully saturated rings. The van der Waals surface area contributed by atoms with Gasteiger partial charge in [0.1, 0.15) is 17.5 Å². The molecule has 1 aliphatic heterocycles. The van der Waals surface area contributed by atoms with Gasteiger partial charge in [-0.1, -0.05) is 22.0 Å². The highest BCUT2D eigenvalue weighted by Crippen LogP contribution is 2.21. The average Bonchev–Trinajstić information content (AvgIpc) is 2.33. The molecule has 20 heavy (non-hydrogen) atoms. The molecule has 0 aliphatic carbocycles. The predicted molar refractivity (Wildman–Crippen MR) is 84.5 cm³/mol. The summed E-state index contributed by atoms with van der Waals surface area (Å²) in [6.45, 7) is 3.87. The number of anilines is 3. The number of halogens is 1. The van der Waals surface area contributed by atoms with Crippen molar-refractivity contribution >= 4 is 33.3 Å². The van der Waals surface area contributed by atoms with E-state index in [0.29, 0.717) is 6.04 Å². The van der Waals surface area contributed by atoms with Gasteiger partial charge < -0.3 is 16.0 Å². The third kappa shape index (κ3) is 3.26. The maximum Gasteiger partial charge on any atom is 0.136 e. The van der Waals surface area contributed by atoms with E-state index in [-0.39, 0.29) is 0 Å². The Morgan fingerprint density at radius 1 is 1.20 bits per heavy atom. The summed E-state index contributed by atoms with van der Waals surface area (Å²) in [5, 5.41) is 9.92. The third-order valence-electron chi connectivity index (χ3n) is 3.07. The highest BCUT2D eigenvalue weighted by Gasteiger charge is 2.17. The molecule has 3 N–H and O–H groups in total. The maximum absolute atomic E-state index is 4.42. The molecule has 0 amide bonds. The second kappa shape index (κ2) is 5.76. The molecular weight excluding hydrogens is 318 g/mol. The van der Waals surface area contributed by atoms with Gasteiger partial charge in [0.15, 0.2) is 0 Å². The minimum absolute atomic E-state index is 0.461. The van der Waals surface area contributed by atoms with Crippen LogP contribution in [0.4, 0.5) is 17.3 Å². The maximum atomic E-state index is 4.42. The van der Waals surface area contributed by atoms with Gasteiger partial charge in [-0.3, -0.25) is 0 Å². The van der Waals surface area contributed by atoms with Gasteiger partial charge >= 0.3 is 0 Å². The van der Waals surface area contributed by atoms with E-state index in [1.807, 2.05) is 37.3 Å². The Balaban J connectivity index is 1.78. The number of nitrogens with zero attached hydrogens (tertiary/aromatic N) is 2. The van der Waals surface area contributed by atoms with E-state index >= 15 is 0 Å². The van der Waals surface area contributed by atoms with Gasteiger partial charge in [0.05, 0.1) is 6.04 Å². The Morgan fingerprint density at radius 3 is 2.70 bits per heavy atom. The van der Waals surface area contributed by atoms with Crippen LogP contribution in [0.3, 0.4) is 0 Å². The first-order valence-electron chi connectivity index (χ1n) is 6.54. The summed E-state index contributed by atoms with van der Waals surface area (Å²) >= 11 is 3.46. The van der Waals surface area contributed by atoms with Crippen LogP contribution < -0.4 is 16.0 Å². The summed E-state index contributed by atoms with van der Waals surface area (Å²) in [5.41, 5.74) is 0.994. The van der Waals surface area contributed by atoms with Crippen LogP contribution in [0, 0.1) is 6.92 Å². The fourth-order valence-corrected chi connectivity index (χ4v) is 2.42. The Bertz CT molecular complexity index is 612. The highest BCUT2D eigenvalue weighted by molar-refractivity contribution is 9.10. The first kappa shape index (κ1) is 13.3. The molecule has 0 unspecified atom stereocenters. The van der Waals surface area contributed by atoms with Crippen molar-refractivity contribution in [2.24, 2.45) is 0 Å². The third-order valence-corrected chi connectivity index (χ3v) is 3.56. The lowest BCUT2D eigenvalue weighted by molar-refractivity contribution is 0.471. The summed E-state index contributed by atoms with van der Waals surface area (Å²) in [4.78, 5) is 8.83. The lowest BCUT2D eigenvalue weighted by Crippen LogP contribution is -2.51. The molecule has 5 nitrogen and oxygen atoms in total. The van der Waals surface area contributed by atoms with Crippen molar-refractivity contribution in [1.29, 1.82) is 0 Å². The Hall–Kier alpha value is -1.66. The topological polar surface area (TPSA) is 61.9 Å². The van der Waals surface area contributed by atoms with E-state index in [2.05, 4.69) is 41.8 Å². The second-order valence-corrected chi connectivity index (χ2v) is 5.74. The molecule has 1 aromatic carbocycles. The fraction of sp³-hybridized carbons (Fsp3) is 0.286. The number of hydrogen-bond donors (Lipinski definition) is 3. The van der Waals surface area contributed by atoms with E-state index in [9.17, 15) is 0 Å². The van der Waals surface area contributed by atoms with Gasteiger partial charge in [-0.15, -0.1) is 0 Å². The number of aryl methyl sites for hydroxylation is 1. The van der Waals surface area contributed by atoms with Crippen LogP contribution in [0.25, 0.3) is 0 Å². The molecule has 1 saturated heterocycles. The van der Waals surface area contributed by atoms with E-state index < -0.39 is 0 Å². The van der Waals surface area contributed by atoms with Crippen molar-refractivity contribution in [1.82, 2.24) is 15.3 Å². The molecule has 104 valence electrons. The number of benzene rings is 1. The molecule has 0 spiro atoms. The first-order chi connectivity index (χ1) is 9.69. The highest BCUT2D eigenvalue weighted by atomic mass is 79.9. The van der Waals surface area contributed by atoms with Crippen molar-refractivity contribution in [3.63, 3.8) is 0 Å². The van der Waals surface area contributed by atoms with Crippen molar-refractivity contribution < 1.29 is 0 Å². The van der Waals surface area contributed by atoms with Crippen molar-refractivity contribution in [3.8, 4) is 0 Å². The Labute approximate surface area is 126 Å². The zero-order valence-corrected chi connectivity index (χ0v) is 12.7. The average molecular weight is 334 g/mol. The zero-order valence-electron chi connectivity index (χ0n) is 11.2. The monoisotopic (exact) mass is 333 g/mol. The van der Waals surface area contributed by atoms with E-state index in [0.717, 1.165) is 40.7 Å². The summed E-state index contributed by atoms with van der Waals surface area (Å²) in [7, 11) is 0. The van der Waals surface area contributed by atoms with Crippen molar-refractivity contribution in [3.05, 3.63) is 40.6 Å². The van der Waals surface area contributed by atoms with Crippen LogP contribution in [0.2, 0.25) is 0 Å². The molecule has 2 aromatic rings.